The number of hydrogen-bond acceptors (Lipinski definition) is 2. The maximum absolute atomic E-state index is 12.6. The van der Waals surface area contributed by atoms with E-state index in [1.165, 1.54) is 6.07 Å². The topological polar surface area (TPSA) is 46.2 Å². The number of rotatable bonds is 3. The summed E-state index contributed by atoms with van der Waals surface area (Å²) >= 11 is 3.02. The van der Waals surface area contributed by atoms with Crippen LogP contribution in [-0.2, 0) is 6.18 Å². The standard InChI is InChI=1S/C12H15BrF3NO.ClH/c1-6(2)11(18)10(17)7-3-8(12(14,15)16)5-9(13)4-7;/h3-6,10-11,18H,17H2,1-2H3;1H/t10-,11+;/m1./s1. The lowest BCUT2D eigenvalue weighted by atomic mass is 9.93. The molecule has 0 fully saturated rings. The van der Waals surface area contributed by atoms with Gasteiger partial charge in [-0.15, -0.1) is 12.4 Å². The molecule has 0 spiro atoms. The molecule has 0 saturated carbocycles. The lowest BCUT2D eigenvalue weighted by Gasteiger charge is -2.23. The summed E-state index contributed by atoms with van der Waals surface area (Å²) in [7, 11) is 0. The monoisotopic (exact) mass is 361 g/mol. The highest BCUT2D eigenvalue weighted by Gasteiger charge is 2.32. The van der Waals surface area contributed by atoms with Crippen molar-refractivity contribution in [3.05, 3.63) is 33.8 Å². The fourth-order valence-corrected chi connectivity index (χ4v) is 2.09. The summed E-state index contributed by atoms with van der Waals surface area (Å²) in [6.07, 6.45) is -5.32. The highest BCUT2D eigenvalue weighted by molar-refractivity contribution is 9.10. The second-order valence-corrected chi connectivity index (χ2v) is 5.45. The normalized spacial score (nSPS) is 15.0. The Morgan fingerprint density at radius 1 is 1.21 bits per heavy atom. The zero-order chi connectivity index (χ0) is 14.1. The highest BCUT2D eigenvalue weighted by Crippen LogP contribution is 2.34. The third kappa shape index (κ3) is 4.95. The van der Waals surface area contributed by atoms with Gasteiger partial charge < -0.3 is 10.8 Å². The van der Waals surface area contributed by atoms with Crippen LogP contribution in [0.25, 0.3) is 0 Å². The largest absolute Gasteiger partial charge is 0.416 e. The van der Waals surface area contributed by atoms with E-state index in [0.717, 1.165) is 12.1 Å². The van der Waals surface area contributed by atoms with Crippen molar-refractivity contribution in [1.82, 2.24) is 0 Å². The maximum Gasteiger partial charge on any atom is 0.416 e. The van der Waals surface area contributed by atoms with Crippen LogP contribution in [-0.4, -0.2) is 11.2 Å². The average molecular weight is 363 g/mol. The third-order valence-corrected chi connectivity index (χ3v) is 3.14. The molecule has 0 radical (unpaired) electrons. The van der Waals surface area contributed by atoms with Gasteiger partial charge in [-0.05, 0) is 29.7 Å². The van der Waals surface area contributed by atoms with Crippen molar-refractivity contribution in [3.63, 3.8) is 0 Å². The molecule has 0 aromatic heterocycles. The first-order valence-corrected chi connectivity index (χ1v) is 6.23. The van der Waals surface area contributed by atoms with Crippen LogP contribution in [0.2, 0.25) is 0 Å². The molecule has 3 N–H and O–H groups in total. The Labute approximate surface area is 124 Å². The van der Waals surface area contributed by atoms with Gasteiger partial charge in [0.2, 0.25) is 0 Å². The van der Waals surface area contributed by atoms with Crippen LogP contribution in [0.1, 0.15) is 31.0 Å². The molecule has 7 heteroatoms. The minimum Gasteiger partial charge on any atom is -0.391 e. The van der Waals surface area contributed by atoms with Gasteiger partial charge in [0.1, 0.15) is 0 Å². The van der Waals surface area contributed by atoms with Crippen LogP contribution >= 0.6 is 28.3 Å². The fourth-order valence-electron chi connectivity index (χ4n) is 1.58. The molecule has 0 aliphatic rings. The van der Waals surface area contributed by atoms with Crippen molar-refractivity contribution in [2.24, 2.45) is 11.7 Å². The van der Waals surface area contributed by atoms with Gasteiger partial charge in [0.25, 0.3) is 0 Å². The molecule has 1 aromatic rings. The SMILES string of the molecule is CC(C)[C@H](O)[C@H](N)c1cc(Br)cc(C(F)(F)F)c1.Cl. The molecule has 0 unspecified atom stereocenters. The number of hydrogen-bond donors (Lipinski definition) is 2. The van der Waals surface area contributed by atoms with Crippen LogP contribution in [0.4, 0.5) is 13.2 Å². The molecule has 0 amide bonds. The lowest BCUT2D eigenvalue weighted by molar-refractivity contribution is -0.137. The van der Waals surface area contributed by atoms with E-state index in [9.17, 15) is 18.3 Å². The summed E-state index contributed by atoms with van der Waals surface area (Å²) in [6.45, 7) is 3.51. The molecule has 0 aliphatic carbocycles. The van der Waals surface area contributed by atoms with E-state index in [2.05, 4.69) is 15.9 Å². The van der Waals surface area contributed by atoms with Crippen molar-refractivity contribution >= 4 is 28.3 Å². The number of halogens is 5. The minimum absolute atomic E-state index is 0. The van der Waals surface area contributed by atoms with E-state index in [0.29, 0.717) is 4.47 Å². The van der Waals surface area contributed by atoms with E-state index < -0.39 is 23.9 Å². The van der Waals surface area contributed by atoms with Gasteiger partial charge in [0.05, 0.1) is 17.7 Å². The Hall–Kier alpha value is -0.300. The summed E-state index contributed by atoms with van der Waals surface area (Å²) in [5.74, 6) is -0.131. The molecular formula is C12H16BrClF3NO. The zero-order valence-corrected chi connectivity index (χ0v) is 12.8. The van der Waals surface area contributed by atoms with Crippen LogP contribution < -0.4 is 5.73 Å². The summed E-state index contributed by atoms with van der Waals surface area (Å²) in [6, 6.07) is 2.61. The first-order valence-electron chi connectivity index (χ1n) is 5.44. The van der Waals surface area contributed by atoms with Crippen molar-refractivity contribution in [2.75, 3.05) is 0 Å². The van der Waals surface area contributed by atoms with Crippen molar-refractivity contribution in [1.29, 1.82) is 0 Å². The molecule has 0 heterocycles. The number of alkyl halides is 3. The second kappa shape index (κ2) is 6.92. The molecule has 0 saturated heterocycles. The van der Waals surface area contributed by atoms with Gasteiger partial charge in [-0.1, -0.05) is 29.8 Å². The van der Waals surface area contributed by atoms with Crippen LogP contribution in [0.15, 0.2) is 22.7 Å². The Bertz CT molecular complexity index is 426. The molecule has 0 aliphatic heterocycles. The Morgan fingerprint density at radius 3 is 2.16 bits per heavy atom. The van der Waals surface area contributed by atoms with Gasteiger partial charge in [-0.25, -0.2) is 0 Å². The molecule has 1 rings (SSSR count). The van der Waals surface area contributed by atoms with Crippen molar-refractivity contribution in [3.8, 4) is 0 Å². The smallest absolute Gasteiger partial charge is 0.391 e. The molecule has 2 nitrogen and oxygen atoms in total. The molecular weight excluding hydrogens is 346 g/mol. The maximum atomic E-state index is 12.6. The summed E-state index contributed by atoms with van der Waals surface area (Å²) in [4.78, 5) is 0. The predicted molar refractivity (Wildman–Crippen MR) is 74.2 cm³/mol. The number of benzene rings is 1. The third-order valence-electron chi connectivity index (χ3n) is 2.68. The molecule has 19 heavy (non-hydrogen) atoms. The van der Waals surface area contributed by atoms with Gasteiger partial charge in [0.15, 0.2) is 0 Å². The quantitative estimate of drug-likeness (QED) is 0.856. The Kier molecular flexibility index (Phi) is 6.82. The number of aliphatic hydroxyl groups excluding tert-OH is 1. The zero-order valence-electron chi connectivity index (χ0n) is 10.4. The highest BCUT2D eigenvalue weighted by atomic mass is 79.9. The number of nitrogens with two attached hydrogens (primary N) is 1. The molecule has 1 aromatic carbocycles. The Morgan fingerprint density at radius 2 is 1.74 bits per heavy atom. The van der Waals surface area contributed by atoms with E-state index in [1.807, 2.05) is 0 Å². The molecule has 0 bridgehead atoms. The van der Waals surface area contributed by atoms with Crippen LogP contribution in [0.3, 0.4) is 0 Å². The molecule has 110 valence electrons. The summed E-state index contributed by atoms with van der Waals surface area (Å²) < 4.78 is 38.2. The summed E-state index contributed by atoms with van der Waals surface area (Å²) in [5.41, 5.74) is 5.26. The van der Waals surface area contributed by atoms with E-state index in [1.54, 1.807) is 13.8 Å². The predicted octanol–water partition coefficient (Wildman–Crippen LogP) is 3.91. The van der Waals surface area contributed by atoms with E-state index in [4.69, 9.17) is 5.73 Å². The Balaban J connectivity index is 0.00000324. The lowest BCUT2D eigenvalue weighted by Crippen LogP contribution is -2.30. The fraction of sp³-hybridized carbons (Fsp3) is 0.500. The van der Waals surface area contributed by atoms with Gasteiger partial charge in [-0.3, -0.25) is 0 Å². The molecule has 2 atom stereocenters. The van der Waals surface area contributed by atoms with E-state index in [-0.39, 0.29) is 23.9 Å². The van der Waals surface area contributed by atoms with Crippen LogP contribution in [0, 0.1) is 5.92 Å². The van der Waals surface area contributed by atoms with E-state index >= 15 is 0 Å². The van der Waals surface area contributed by atoms with Crippen molar-refractivity contribution in [2.45, 2.75) is 32.2 Å². The summed E-state index contributed by atoms with van der Waals surface area (Å²) in [5, 5.41) is 9.81. The first-order chi connectivity index (χ1) is 8.12. The van der Waals surface area contributed by atoms with Gasteiger partial charge in [-0.2, -0.15) is 13.2 Å². The van der Waals surface area contributed by atoms with Gasteiger partial charge >= 0.3 is 6.18 Å². The van der Waals surface area contributed by atoms with Crippen LogP contribution in [0.5, 0.6) is 0 Å². The average Bonchev–Trinajstić information content (AvgIpc) is 2.24. The minimum atomic E-state index is -4.43. The first kappa shape index (κ1) is 18.7. The van der Waals surface area contributed by atoms with Crippen molar-refractivity contribution < 1.29 is 18.3 Å². The second-order valence-electron chi connectivity index (χ2n) is 4.53. The van der Waals surface area contributed by atoms with Gasteiger partial charge in [0, 0.05) is 4.47 Å². The number of aliphatic hydroxyl groups is 1.